The highest BCUT2D eigenvalue weighted by Crippen LogP contribution is 2.43. The average Bonchev–Trinajstić information content (AvgIpc) is 3.91. The van der Waals surface area contributed by atoms with Crippen LogP contribution in [0.1, 0.15) is 10.6 Å². The first kappa shape index (κ1) is 31.7. The number of aromatic nitrogens is 5. The van der Waals surface area contributed by atoms with E-state index in [0.29, 0.717) is 17.5 Å². The third-order valence-corrected chi connectivity index (χ3v) is 11.0. The van der Waals surface area contributed by atoms with Crippen LogP contribution in [0.5, 0.6) is 0 Å². The molecular formula is C47H31N5OS. The van der Waals surface area contributed by atoms with Gasteiger partial charge in [0.25, 0.3) is 0 Å². The Bertz CT molecular complexity index is 3080. The maximum atomic E-state index is 6.51. The van der Waals surface area contributed by atoms with Crippen LogP contribution in [0, 0.1) is 6.92 Å². The van der Waals surface area contributed by atoms with Crippen molar-refractivity contribution in [2.24, 2.45) is 0 Å². The normalized spacial score (nSPS) is 11.8. The molecule has 7 heteroatoms. The fraction of sp³-hybridized carbons (Fsp3) is 0.0213. The van der Waals surface area contributed by atoms with Crippen LogP contribution in [0.15, 0.2) is 163 Å². The minimum Gasteiger partial charge on any atom is -0.456 e. The molecule has 0 radical (unpaired) electrons. The van der Waals surface area contributed by atoms with Crippen molar-refractivity contribution >= 4 is 61.2 Å². The summed E-state index contributed by atoms with van der Waals surface area (Å²) < 4.78 is 8.83. The Morgan fingerprint density at radius 1 is 0.593 bits per heavy atom. The van der Waals surface area contributed by atoms with E-state index in [-0.39, 0.29) is 0 Å². The molecule has 0 spiro atoms. The van der Waals surface area contributed by atoms with Crippen molar-refractivity contribution in [3.63, 3.8) is 0 Å². The number of thiazole rings is 1. The van der Waals surface area contributed by atoms with Gasteiger partial charge in [0.15, 0.2) is 17.5 Å². The van der Waals surface area contributed by atoms with Gasteiger partial charge in [0.05, 0.1) is 21.6 Å². The Morgan fingerprint density at radius 2 is 1.24 bits per heavy atom. The van der Waals surface area contributed by atoms with E-state index in [0.717, 1.165) is 81.9 Å². The fourth-order valence-electron chi connectivity index (χ4n) is 7.37. The van der Waals surface area contributed by atoms with Crippen molar-refractivity contribution in [1.29, 1.82) is 0 Å². The molecule has 6 aromatic carbocycles. The highest BCUT2D eigenvalue weighted by atomic mass is 32.1. The van der Waals surface area contributed by atoms with Crippen LogP contribution in [0.3, 0.4) is 0 Å². The van der Waals surface area contributed by atoms with E-state index >= 15 is 0 Å². The molecule has 0 unspecified atom stereocenters. The van der Waals surface area contributed by atoms with Crippen LogP contribution in [0.25, 0.3) is 100 Å². The molecule has 0 aliphatic rings. The highest BCUT2D eigenvalue weighted by molar-refractivity contribution is 7.16. The van der Waals surface area contributed by atoms with E-state index in [4.69, 9.17) is 24.4 Å². The number of nitrogens with zero attached hydrogens (tertiary/aromatic N) is 5. The van der Waals surface area contributed by atoms with Crippen LogP contribution >= 0.6 is 11.3 Å². The molecule has 10 aromatic rings. The number of para-hydroxylation sites is 2. The standard InChI is InChI=1S/C47H31N5OS/c1-3-4-25-41-29(2)48-47(54-41)35-21-14-24-40-43(35)42-34(20-13-23-39(42)53-40)46-50-44(30-15-7-5-8-16-30)49-45(51-46)31-26-27-38-36(28-31)33-19-11-12-22-37(33)52(38)32-17-9-6-10-18-32/h3-28H,1H2,2H3/b25-4-. The molecule has 0 fully saturated rings. The number of allylic oxidation sites excluding steroid dienone is 2. The van der Waals surface area contributed by atoms with Crippen LogP contribution < -0.4 is 0 Å². The number of fused-ring (bicyclic) bond motifs is 6. The van der Waals surface area contributed by atoms with Crippen LogP contribution in [0.4, 0.5) is 0 Å². The van der Waals surface area contributed by atoms with Gasteiger partial charge in [-0.15, -0.1) is 11.3 Å². The van der Waals surface area contributed by atoms with Gasteiger partial charge in [-0.05, 0) is 61.5 Å². The van der Waals surface area contributed by atoms with E-state index in [1.54, 1.807) is 17.4 Å². The van der Waals surface area contributed by atoms with Crippen molar-refractivity contribution in [1.82, 2.24) is 24.5 Å². The van der Waals surface area contributed by atoms with Gasteiger partial charge in [-0.3, -0.25) is 0 Å². The molecule has 0 saturated heterocycles. The van der Waals surface area contributed by atoms with Crippen LogP contribution in [-0.4, -0.2) is 24.5 Å². The molecule has 0 aliphatic carbocycles. The molecular weight excluding hydrogens is 683 g/mol. The van der Waals surface area contributed by atoms with E-state index in [1.807, 2.05) is 73.7 Å². The van der Waals surface area contributed by atoms with E-state index in [9.17, 15) is 0 Å². The summed E-state index contributed by atoms with van der Waals surface area (Å²) in [4.78, 5) is 21.6. The van der Waals surface area contributed by atoms with E-state index in [2.05, 4.69) is 96.1 Å². The molecule has 4 heterocycles. The maximum absolute atomic E-state index is 6.51. The first-order valence-corrected chi connectivity index (χ1v) is 18.6. The zero-order valence-corrected chi connectivity index (χ0v) is 30.1. The molecule has 0 bridgehead atoms. The van der Waals surface area contributed by atoms with E-state index < -0.39 is 0 Å². The molecule has 6 nitrogen and oxygen atoms in total. The van der Waals surface area contributed by atoms with Crippen molar-refractivity contribution in [2.75, 3.05) is 0 Å². The maximum Gasteiger partial charge on any atom is 0.164 e. The molecule has 4 aromatic heterocycles. The summed E-state index contributed by atoms with van der Waals surface area (Å²) in [7, 11) is 0. The first-order chi connectivity index (χ1) is 26.6. The fourth-order valence-corrected chi connectivity index (χ4v) is 8.38. The topological polar surface area (TPSA) is 69.6 Å². The summed E-state index contributed by atoms with van der Waals surface area (Å²) >= 11 is 1.65. The van der Waals surface area contributed by atoms with Crippen LogP contribution in [0.2, 0.25) is 0 Å². The van der Waals surface area contributed by atoms with Crippen molar-refractivity contribution in [3.8, 4) is 50.4 Å². The molecule has 0 amide bonds. The van der Waals surface area contributed by atoms with Gasteiger partial charge in [-0.1, -0.05) is 110 Å². The van der Waals surface area contributed by atoms with Gasteiger partial charge in [-0.2, -0.15) is 0 Å². The first-order valence-electron chi connectivity index (χ1n) is 17.8. The minimum atomic E-state index is 0.568. The Hall–Kier alpha value is -6.96. The van der Waals surface area contributed by atoms with Gasteiger partial charge in [0.1, 0.15) is 16.2 Å². The lowest BCUT2D eigenvalue weighted by Crippen LogP contribution is -2.00. The van der Waals surface area contributed by atoms with Gasteiger partial charge < -0.3 is 8.98 Å². The van der Waals surface area contributed by atoms with E-state index in [1.165, 1.54) is 5.39 Å². The van der Waals surface area contributed by atoms with Crippen molar-refractivity contribution in [3.05, 3.63) is 169 Å². The summed E-state index contributed by atoms with van der Waals surface area (Å²) in [5.41, 5.74) is 9.56. The largest absolute Gasteiger partial charge is 0.456 e. The lowest BCUT2D eigenvalue weighted by molar-refractivity contribution is 0.669. The summed E-state index contributed by atoms with van der Waals surface area (Å²) in [6.45, 7) is 5.87. The highest BCUT2D eigenvalue weighted by Gasteiger charge is 2.22. The third-order valence-electron chi connectivity index (χ3n) is 9.82. The lowest BCUT2D eigenvalue weighted by atomic mass is 10.0. The van der Waals surface area contributed by atoms with Gasteiger partial charge in [0, 0.05) is 49.5 Å². The quantitative estimate of drug-likeness (QED) is 0.154. The second kappa shape index (κ2) is 12.9. The number of aryl methyl sites for hydroxylation is 1. The Morgan fingerprint density at radius 3 is 2.02 bits per heavy atom. The summed E-state index contributed by atoms with van der Waals surface area (Å²) in [5, 5.41) is 5.14. The predicted octanol–water partition coefficient (Wildman–Crippen LogP) is 12.5. The lowest BCUT2D eigenvalue weighted by Gasteiger charge is -2.10. The summed E-state index contributed by atoms with van der Waals surface area (Å²) in [6, 6.07) is 47.8. The number of hydrogen-bond donors (Lipinski definition) is 0. The van der Waals surface area contributed by atoms with Crippen molar-refractivity contribution < 1.29 is 4.42 Å². The van der Waals surface area contributed by atoms with Gasteiger partial charge >= 0.3 is 0 Å². The number of rotatable bonds is 7. The predicted molar refractivity (Wildman–Crippen MR) is 223 cm³/mol. The van der Waals surface area contributed by atoms with Crippen molar-refractivity contribution in [2.45, 2.75) is 6.92 Å². The van der Waals surface area contributed by atoms with Gasteiger partial charge in [0.2, 0.25) is 0 Å². The number of furan rings is 1. The minimum absolute atomic E-state index is 0.568. The smallest absolute Gasteiger partial charge is 0.164 e. The Labute approximate surface area is 315 Å². The molecule has 0 atom stereocenters. The zero-order valence-electron chi connectivity index (χ0n) is 29.3. The average molecular weight is 714 g/mol. The molecule has 54 heavy (non-hydrogen) atoms. The summed E-state index contributed by atoms with van der Waals surface area (Å²) in [6.07, 6.45) is 5.78. The summed E-state index contributed by atoms with van der Waals surface area (Å²) in [5.74, 6) is 1.76. The van der Waals surface area contributed by atoms with Crippen LogP contribution in [-0.2, 0) is 0 Å². The molecule has 10 rings (SSSR count). The SMILES string of the molecule is C=C/C=C\c1sc(-c2cccc3oc4cccc(-c5nc(-c6ccccc6)nc(-c6ccc7c(c6)c6ccccc6n7-c6ccccc6)n5)c4c23)nc1C. The zero-order chi connectivity index (χ0) is 36.2. The Kier molecular flexibility index (Phi) is 7.59. The second-order valence-electron chi connectivity index (χ2n) is 13.1. The third kappa shape index (κ3) is 5.25. The molecule has 0 saturated carbocycles. The second-order valence-corrected chi connectivity index (χ2v) is 14.1. The Balaban J connectivity index is 1.21. The monoisotopic (exact) mass is 713 g/mol. The molecule has 0 aliphatic heterocycles. The van der Waals surface area contributed by atoms with Gasteiger partial charge in [-0.25, -0.2) is 19.9 Å². The number of benzene rings is 6. The number of hydrogen-bond acceptors (Lipinski definition) is 6. The molecule has 0 N–H and O–H groups in total. The molecule has 256 valence electrons.